The highest BCUT2D eigenvalue weighted by molar-refractivity contribution is 5.99. The molecule has 0 fully saturated rings. The Morgan fingerprint density at radius 3 is 2.11 bits per heavy atom. The summed E-state index contributed by atoms with van der Waals surface area (Å²) in [5.74, 6) is -0.195. The van der Waals surface area contributed by atoms with Gasteiger partial charge in [0, 0.05) is 5.69 Å². The highest BCUT2D eigenvalue weighted by Crippen LogP contribution is 2.23. The molecule has 0 spiro atoms. The molecule has 0 saturated heterocycles. The predicted octanol–water partition coefficient (Wildman–Crippen LogP) is 4.57. The SMILES string of the molecule is C=CC(=O)Nc1ccc(C(C=C(C)C)=C(C)C)cc1. The molecule has 0 unspecified atom stereocenters. The zero-order valence-corrected chi connectivity index (χ0v) is 12.1. The normalized spacial score (nSPS) is 9.47. The van der Waals surface area contributed by atoms with Crippen LogP contribution in [0.3, 0.4) is 0 Å². The Kier molecular flexibility index (Phi) is 5.31. The van der Waals surface area contributed by atoms with Gasteiger partial charge < -0.3 is 5.32 Å². The summed E-state index contributed by atoms with van der Waals surface area (Å²) in [7, 11) is 0. The minimum Gasteiger partial charge on any atom is -0.323 e. The highest BCUT2D eigenvalue weighted by Gasteiger charge is 2.02. The van der Waals surface area contributed by atoms with Crippen LogP contribution < -0.4 is 5.32 Å². The third-order valence-electron chi connectivity index (χ3n) is 2.62. The first kappa shape index (κ1) is 15.0. The van der Waals surface area contributed by atoms with Gasteiger partial charge in [-0.1, -0.05) is 35.9 Å². The van der Waals surface area contributed by atoms with Crippen molar-refractivity contribution in [3.05, 3.63) is 59.7 Å². The van der Waals surface area contributed by atoms with Crippen molar-refractivity contribution >= 4 is 17.2 Å². The van der Waals surface area contributed by atoms with Crippen molar-refractivity contribution in [3.63, 3.8) is 0 Å². The van der Waals surface area contributed by atoms with Gasteiger partial charge in [-0.15, -0.1) is 0 Å². The van der Waals surface area contributed by atoms with Crippen LogP contribution in [0, 0.1) is 0 Å². The van der Waals surface area contributed by atoms with E-state index in [4.69, 9.17) is 0 Å². The summed E-state index contributed by atoms with van der Waals surface area (Å²) < 4.78 is 0. The van der Waals surface area contributed by atoms with Gasteiger partial charge in [0.05, 0.1) is 0 Å². The largest absolute Gasteiger partial charge is 0.323 e. The molecule has 0 aliphatic carbocycles. The average molecular weight is 255 g/mol. The summed E-state index contributed by atoms with van der Waals surface area (Å²) in [6.45, 7) is 11.8. The maximum atomic E-state index is 11.2. The van der Waals surface area contributed by atoms with E-state index in [-0.39, 0.29) is 5.91 Å². The van der Waals surface area contributed by atoms with Gasteiger partial charge in [0.25, 0.3) is 0 Å². The first-order valence-corrected chi connectivity index (χ1v) is 6.30. The smallest absolute Gasteiger partial charge is 0.247 e. The monoisotopic (exact) mass is 255 g/mol. The van der Waals surface area contributed by atoms with E-state index in [0.29, 0.717) is 0 Å². The number of allylic oxidation sites excluding steroid dienone is 4. The summed E-state index contributed by atoms with van der Waals surface area (Å²) in [5.41, 5.74) is 5.68. The molecule has 2 nitrogen and oxygen atoms in total. The lowest BCUT2D eigenvalue weighted by atomic mass is 9.99. The molecule has 2 heteroatoms. The molecular weight excluding hydrogens is 234 g/mol. The van der Waals surface area contributed by atoms with E-state index >= 15 is 0 Å². The Morgan fingerprint density at radius 1 is 1.11 bits per heavy atom. The molecule has 0 aromatic heterocycles. The van der Waals surface area contributed by atoms with E-state index in [9.17, 15) is 4.79 Å². The van der Waals surface area contributed by atoms with Crippen molar-refractivity contribution in [2.24, 2.45) is 0 Å². The second-order valence-corrected chi connectivity index (χ2v) is 4.91. The third-order valence-corrected chi connectivity index (χ3v) is 2.62. The lowest BCUT2D eigenvalue weighted by Crippen LogP contribution is -2.06. The van der Waals surface area contributed by atoms with E-state index < -0.39 is 0 Å². The fourth-order valence-corrected chi connectivity index (χ4v) is 1.73. The Balaban J connectivity index is 3.03. The maximum absolute atomic E-state index is 11.2. The average Bonchev–Trinajstić information content (AvgIpc) is 2.36. The van der Waals surface area contributed by atoms with Crippen LogP contribution in [-0.2, 0) is 4.79 Å². The molecule has 0 heterocycles. The summed E-state index contributed by atoms with van der Waals surface area (Å²) in [6, 6.07) is 7.83. The number of amides is 1. The molecule has 1 rings (SSSR count). The molecule has 1 aromatic rings. The second-order valence-electron chi connectivity index (χ2n) is 4.91. The second kappa shape index (κ2) is 6.74. The molecule has 0 atom stereocenters. The van der Waals surface area contributed by atoms with Gasteiger partial charge in [0.1, 0.15) is 0 Å². The number of carbonyl (C=O) groups is 1. The first-order valence-electron chi connectivity index (χ1n) is 6.30. The van der Waals surface area contributed by atoms with Gasteiger partial charge in [0.15, 0.2) is 0 Å². The molecule has 19 heavy (non-hydrogen) atoms. The van der Waals surface area contributed by atoms with Crippen LogP contribution in [0.4, 0.5) is 5.69 Å². The van der Waals surface area contributed by atoms with Crippen molar-refractivity contribution in [1.29, 1.82) is 0 Å². The van der Waals surface area contributed by atoms with Crippen LogP contribution in [0.25, 0.3) is 5.57 Å². The topological polar surface area (TPSA) is 29.1 Å². The van der Waals surface area contributed by atoms with Gasteiger partial charge in [-0.25, -0.2) is 0 Å². The van der Waals surface area contributed by atoms with Crippen molar-refractivity contribution in [3.8, 4) is 0 Å². The van der Waals surface area contributed by atoms with Gasteiger partial charge in [-0.2, -0.15) is 0 Å². The van der Waals surface area contributed by atoms with E-state index in [1.54, 1.807) is 0 Å². The number of carbonyl (C=O) groups excluding carboxylic acids is 1. The minimum absolute atomic E-state index is 0.195. The molecule has 1 aromatic carbocycles. The molecule has 0 aliphatic heterocycles. The Morgan fingerprint density at radius 2 is 1.68 bits per heavy atom. The van der Waals surface area contributed by atoms with E-state index in [1.807, 2.05) is 24.3 Å². The van der Waals surface area contributed by atoms with Gasteiger partial charge in [-0.3, -0.25) is 4.79 Å². The van der Waals surface area contributed by atoms with Gasteiger partial charge in [-0.05, 0) is 57.0 Å². The standard InChI is InChI=1S/C17H21NO/c1-6-17(19)18-15-9-7-14(8-10-15)16(13(4)5)11-12(2)3/h6-11H,1H2,2-5H3,(H,18,19). The lowest BCUT2D eigenvalue weighted by Gasteiger charge is -2.08. The van der Waals surface area contributed by atoms with Crippen LogP contribution >= 0.6 is 0 Å². The van der Waals surface area contributed by atoms with Crippen molar-refractivity contribution in [2.45, 2.75) is 27.7 Å². The Bertz CT molecular complexity index is 525. The van der Waals surface area contributed by atoms with Crippen molar-refractivity contribution < 1.29 is 4.79 Å². The molecular formula is C17H21NO. The molecule has 0 saturated carbocycles. The van der Waals surface area contributed by atoms with Crippen LogP contribution in [0.1, 0.15) is 33.3 Å². The zero-order valence-electron chi connectivity index (χ0n) is 12.1. The molecule has 100 valence electrons. The highest BCUT2D eigenvalue weighted by atomic mass is 16.1. The number of anilines is 1. The number of benzene rings is 1. The van der Waals surface area contributed by atoms with Crippen LogP contribution in [0.5, 0.6) is 0 Å². The number of rotatable bonds is 4. The van der Waals surface area contributed by atoms with E-state index in [2.05, 4.69) is 45.7 Å². The summed E-state index contributed by atoms with van der Waals surface area (Å²) in [5, 5.41) is 2.74. The molecule has 1 N–H and O–H groups in total. The van der Waals surface area contributed by atoms with Gasteiger partial charge >= 0.3 is 0 Å². The quantitative estimate of drug-likeness (QED) is 0.619. The molecule has 0 bridgehead atoms. The van der Waals surface area contributed by atoms with Crippen LogP contribution in [0.15, 0.2) is 54.1 Å². The third kappa shape index (κ3) is 4.59. The maximum Gasteiger partial charge on any atom is 0.247 e. The fourth-order valence-electron chi connectivity index (χ4n) is 1.73. The minimum atomic E-state index is -0.195. The molecule has 0 radical (unpaired) electrons. The summed E-state index contributed by atoms with van der Waals surface area (Å²) in [4.78, 5) is 11.2. The summed E-state index contributed by atoms with van der Waals surface area (Å²) >= 11 is 0. The number of hydrogen-bond donors (Lipinski definition) is 1. The van der Waals surface area contributed by atoms with Crippen LogP contribution in [-0.4, -0.2) is 5.91 Å². The van der Waals surface area contributed by atoms with Crippen molar-refractivity contribution in [2.75, 3.05) is 5.32 Å². The number of nitrogens with one attached hydrogen (secondary N) is 1. The Labute approximate surface area is 115 Å². The fraction of sp³-hybridized carbons (Fsp3) is 0.235. The van der Waals surface area contributed by atoms with Crippen LogP contribution in [0.2, 0.25) is 0 Å². The van der Waals surface area contributed by atoms with E-state index in [0.717, 1.165) is 11.3 Å². The molecule has 0 aliphatic rings. The first-order chi connectivity index (χ1) is 8.93. The predicted molar refractivity (Wildman–Crippen MR) is 83.0 cm³/mol. The molecule has 1 amide bonds. The Hall–Kier alpha value is -2.09. The van der Waals surface area contributed by atoms with Crippen molar-refractivity contribution in [1.82, 2.24) is 0 Å². The van der Waals surface area contributed by atoms with E-state index in [1.165, 1.54) is 22.8 Å². The number of hydrogen-bond acceptors (Lipinski definition) is 1. The van der Waals surface area contributed by atoms with Gasteiger partial charge in [0.2, 0.25) is 5.91 Å². The summed E-state index contributed by atoms with van der Waals surface area (Å²) in [6.07, 6.45) is 3.44. The lowest BCUT2D eigenvalue weighted by molar-refractivity contribution is -0.111. The zero-order chi connectivity index (χ0) is 14.4.